The van der Waals surface area contributed by atoms with Crippen LogP contribution in [0.15, 0.2) is 24.3 Å². The summed E-state index contributed by atoms with van der Waals surface area (Å²) >= 11 is 0. The van der Waals surface area contributed by atoms with E-state index in [1.54, 1.807) is 0 Å². The molecule has 0 aliphatic heterocycles. The Balaban J connectivity index is 2.84. The lowest BCUT2D eigenvalue weighted by Crippen LogP contribution is -2.30. The molecule has 0 heterocycles. The van der Waals surface area contributed by atoms with Gasteiger partial charge in [0.1, 0.15) is 0 Å². The molecule has 0 bridgehead atoms. The van der Waals surface area contributed by atoms with Crippen molar-refractivity contribution >= 4 is 5.97 Å². The number of carbonyl (C=O) groups is 1. The topological polar surface area (TPSA) is 52.3 Å². The van der Waals surface area contributed by atoms with E-state index >= 15 is 0 Å². The standard InChI is InChI=1S/C13H19NO2/c1-13(2,14)11-7-5-4-6-10(11)8-9-12(15)16-3/h4-7H,8-9,14H2,1-3H3. The zero-order valence-electron chi connectivity index (χ0n) is 10.1. The number of esters is 1. The summed E-state index contributed by atoms with van der Waals surface area (Å²) in [4.78, 5) is 11.1. The summed E-state index contributed by atoms with van der Waals surface area (Å²) < 4.78 is 4.63. The molecule has 88 valence electrons. The van der Waals surface area contributed by atoms with Gasteiger partial charge in [0.2, 0.25) is 0 Å². The highest BCUT2D eigenvalue weighted by molar-refractivity contribution is 5.69. The molecule has 0 aliphatic carbocycles. The maximum Gasteiger partial charge on any atom is 0.305 e. The molecule has 0 aliphatic rings. The molecule has 0 saturated carbocycles. The van der Waals surface area contributed by atoms with Crippen molar-refractivity contribution in [1.82, 2.24) is 0 Å². The molecule has 0 unspecified atom stereocenters. The van der Waals surface area contributed by atoms with Gasteiger partial charge in [0.15, 0.2) is 0 Å². The van der Waals surface area contributed by atoms with Crippen LogP contribution in [0.3, 0.4) is 0 Å². The molecular formula is C13H19NO2. The molecule has 3 nitrogen and oxygen atoms in total. The highest BCUT2D eigenvalue weighted by Crippen LogP contribution is 2.22. The van der Waals surface area contributed by atoms with Crippen molar-refractivity contribution in [3.63, 3.8) is 0 Å². The number of carbonyl (C=O) groups excluding carboxylic acids is 1. The monoisotopic (exact) mass is 221 g/mol. The van der Waals surface area contributed by atoms with Gasteiger partial charge in [-0.2, -0.15) is 0 Å². The molecule has 0 radical (unpaired) electrons. The van der Waals surface area contributed by atoms with E-state index in [1.807, 2.05) is 38.1 Å². The molecule has 0 aromatic heterocycles. The maximum absolute atomic E-state index is 11.1. The van der Waals surface area contributed by atoms with Gasteiger partial charge in [-0.25, -0.2) is 0 Å². The van der Waals surface area contributed by atoms with Gasteiger partial charge in [0.25, 0.3) is 0 Å². The smallest absolute Gasteiger partial charge is 0.305 e. The lowest BCUT2D eigenvalue weighted by Gasteiger charge is -2.22. The van der Waals surface area contributed by atoms with Gasteiger partial charge in [0.05, 0.1) is 7.11 Å². The SMILES string of the molecule is COC(=O)CCc1ccccc1C(C)(C)N. The van der Waals surface area contributed by atoms with Gasteiger partial charge in [-0.05, 0) is 31.4 Å². The highest BCUT2D eigenvalue weighted by atomic mass is 16.5. The van der Waals surface area contributed by atoms with Gasteiger partial charge >= 0.3 is 5.97 Å². The Hall–Kier alpha value is -1.35. The van der Waals surface area contributed by atoms with Crippen LogP contribution >= 0.6 is 0 Å². The van der Waals surface area contributed by atoms with Crippen LogP contribution in [-0.2, 0) is 21.5 Å². The molecule has 0 atom stereocenters. The van der Waals surface area contributed by atoms with Crippen LogP contribution in [0.5, 0.6) is 0 Å². The summed E-state index contributed by atoms with van der Waals surface area (Å²) in [6.07, 6.45) is 1.06. The Labute approximate surface area is 96.6 Å². The normalized spacial score (nSPS) is 11.2. The van der Waals surface area contributed by atoms with E-state index in [4.69, 9.17) is 5.73 Å². The van der Waals surface area contributed by atoms with E-state index in [2.05, 4.69) is 4.74 Å². The predicted molar refractivity (Wildman–Crippen MR) is 64.0 cm³/mol. The number of methoxy groups -OCH3 is 1. The molecule has 0 saturated heterocycles. The first kappa shape index (κ1) is 12.7. The molecule has 1 aromatic carbocycles. The molecule has 0 spiro atoms. The summed E-state index contributed by atoms with van der Waals surface area (Å²) in [6, 6.07) is 7.94. The van der Waals surface area contributed by atoms with Crippen LogP contribution in [0.1, 0.15) is 31.4 Å². The number of nitrogens with two attached hydrogens (primary N) is 1. The molecule has 0 amide bonds. The van der Waals surface area contributed by atoms with Crippen LogP contribution in [0.4, 0.5) is 0 Å². The fourth-order valence-electron chi connectivity index (χ4n) is 1.71. The van der Waals surface area contributed by atoms with Crippen LogP contribution in [0.2, 0.25) is 0 Å². The Morgan fingerprint density at radius 1 is 1.38 bits per heavy atom. The minimum atomic E-state index is -0.382. The summed E-state index contributed by atoms with van der Waals surface area (Å²) in [6.45, 7) is 3.92. The summed E-state index contributed by atoms with van der Waals surface area (Å²) in [7, 11) is 1.40. The Bertz CT molecular complexity index is 366. The molecule has 0 fully saturated rings. The van der Waals surface area contributed by atoms with Crippen LogP contribution in [-0.4, -0.2) is 13.1 Å². The number of aryl methyl sites for hydroxylation is 1. The fourth-order valence-corrected chi connectivity index (χ4v) is 1.71. The molecular weight excluding hydrogens is 202 g/mol. The predicted octanol–water partition coefficient (Wildman–Crippen LogP) is 1.99. The Morgan fingerprint density at radius 3 is 2.56 bits per heavy atom. The van der Waals surface area contributed by atoms with E-state index in [0.717, 1.165) is 11.1 Å². The van der Waals surface area contributed by atoms with E-state index in [0.29, 0.717) is 12.8 Å². The lowest BCUT2D eigenvalue weighted by atomic mass is 9.89. The van der Waals surface area contributed by atoms with Crippen LogP contribution < -0.4 is 5.73 Å². The molecule has 1 aromatic rings. The number of hydrogen-bond acceptors (Lipinski definition) is 3. The highest BCUT2D eigenvalue weighted by Gasteiger charge is 2.17. The first-order chi connectivity index (χ1) is 7.45. The van der Waals surface area contributed by atoms with Crippen LogP contribution in [0.25, 0.3) is 0 Å². The summed E-state index contributed by atoms with van der Waals surface area (Å²) in [5, 5.41) is 0. The second-order valence-corrected chi connectivity index (χ2v) is 4.45. The average molecular weight is 221 g/mol. The fraction of sp³-hybridized carbons (Fsp3) is 0.462. The van der Waals surface area contributed by atoms with Gasteiger partial charge in [-0.3, -0.25) is 4.79 Å². The van der Waals surface area contributed by atoms with Gasteiger partial charge in [-0.15, -0.1) is 0 Å². The minimum absolute atomic E-state index is 0.190. The number of ether oxygens (including phenoxy) is 1. The zero-order valence-corrected chi connectivity index (χ0v) is 10.1. The number of hydrogen-bond donors (Lipinski definition) is 1. The minimum Gasteiger partial charge on any atom is -0.469 e. The van der Waals surface area contributed by atoms with E-state index in [9.17, 15) is 4.79 Å². The maximum atomic E-state index is 11.1. The third-order valence-electron chi connectivity index (χ3n) is 2.54. The third kappa shape index (κ3) is 3.35. The van der Waals surface area contributed by atoms with Gasteiger partial charge in [-0.1, -0.05) is 24.3 Å². The second-order valence-electron chi connectivity index (χ2n) is 4.45. The summed E-state index contributed by atoms with van der Waals surface area (Å²) in [5.74, 6) is -0.190. The van der Waals surface area contributed by atoms with Crippen molar-refractivity contribution in [3.8, 4) is 0 Å². The molecule has 3 heteroatoms. The second kappa shape index (κ2) is 5.12. The van der Waals surface area contributed by atoms with Crippen molar-refractivity contribution in [2.45, 2.75) is 32.2 Å². The van der Waals surface area contributed by atoms with Gasteiger partial charge < -0.3 is 10.5 Å². The third-order valence-corrected chi connectivity index (χ3v) is 2.54. The first-order valence-electron chi connectivity index (χ1n) is 5.39. The summed E-state index contributed by atoms with van der Waals surface area (Å²) in [5.41, 5.74) is 7.89. The Kier molecular flexibility index (Phi) is 4.07. The quantitative estimate of drug-likeness (QED) is 0.791. The van der Waals surface area contributed by atoms with E-state index in [-0.39, 0.29) is 11.5 Å². The average Bonchev–Trinajstić information content (AvgIpc) is 2.25. The number of benzene rings is 1. The van der Waals surface area contributed by atoms with Crippen molar-refractivity contribution in [3.05, 3.63) is 35.4 Å². The van der Waals surface area contributed by atoms with Crippen molar-refractivity contribution < 1.29 is 9.53 Å². The largest absolute Gasteiger partial charge is 0.469 e. The van der Waals surface area contributed by atoms with Crippen molar-refractivity contribution in [2.24, 2.45) is 5.73 Å². The van der Waals surface area contributed by atoms with Crippen molar-refractivity contribution in [2.75, 3.05) is 7.11 Å². The number of rotatable bonds is 4. The van der Waals surface area contributed by atoms with Gasteiger partial charge in [0, 0.05) is 12.0 Å². The van der Waals surface area contributed by atoms with E-state index < -0.39 is 0 Å². The zero-order chi connectivity index (χ0) is 12.2. The molecule has 16 heavy (non-hydrogen) atoms. The molecule has 1 rings (SSSR count). The molecule has 2 N–H and O–H groups in total. The lowest BCUT2D eigenvalue weighted by molar-refractivity contribution is -0.140. The van der Waals surface area contributed by atoms with E-state index in [1.165, 1.54) is 7.11 Å². The Morgan fingerprint density at radius 2 is 2.00 bits per heavy atom. The van der Waals surface area contributed by atoms with Crippen LogP contribution in [0, 0.1) is 0 Å². The first-order valence-corrected chi connectivity index (χ1v) is 5.39. The van der Waals surface area contributed by atoms with Crippen molar-refractivity contribution in [1.29, 1.82) is 0 Å².